The molecule has 1 aromatic heterocycles. The Kier molecular flexibility index (Phi) is 5.04. The fraction of sp³-hybridized carbons (Fsp3) is 0.455. The minimum atomic E-state index is -0.620. The van der Waals surface area contributed by atoms with E-state index in [0.29, 0.717) is 5.82 Å². The van der Waals surface area contributed by atoms with E-state index in [-0.39, 0.29) is 24.3 Å². The summed E-state index contributed by atoms with van der Waals surface area (Å²) in [6, 6.07) is 1.64. The number of nitrogens with one attached hydrogen (secondary N) is 2. The lowest BCUT2D eigenvalue weighted by molar-refractivity contribution is -0.119. The van der Waals surface area contributed by atoms with Gasteiger partial charge in [0.25, 0.3) is 0 Å². The van der Waals surface area contributed by atoms with E-state index in [0.717, 1.165) is 0 Å². The van der Waals surface area contributed by atoms with Gasteiger partial charge in [0.2, 0.25) is 11.7 Å². The van der Waals surface area contributed by atoms with Gasteiger partial charge < -0.3 is 15.4 Å². The second kappa shape index (κ2) is 6.53. The Balaban J connectivity index is 2.57. The largest absolute Gasteiger partial charge is 0.463 e. The third kappa shape index (κ3) is 4.36. The Morgan fingerprint density at radius 1 is 1.44 bits per heavy atom. The molecule has 0 aliphatic rings. The normalized spacial score (nSPS) is 10.0. The van der Waals surface area contributed by atoms with Gasteiger partial charge in [-0.15, -0.1) is 0 Å². The zero-order chi connectivity index (χ0) is 13.5. The molecular formula is C11H16N4O3. The average molecular weight is 252 g/mol. The van der Waals surface area contributed by atoms with Crippen molar-refractivity contribution in [2.45, 2.75) is 19.9 Å². The predicted molar refractivity (Wildman–Crippen MR) is 65.1 cm³/mol. The van der Waals surface area contributed by atoms with Gasteiger partial charge in [-0.3, -0.25) is 4.79 Å². The van der Waals surface area contributed by atoms with Crippen LogP contribution in [-0.2, 0) is 9.53 Å². The number of hydrogen-bond donors (Lipinski definition) is 2. The van der Waals surface area contributed by atoms with E-state index < -0.39 is 5.97 Å². The molecule has 98 valence electrons. The molecule has 0 spiro atoms. The fourth-order valence-electron chi connectivity index (χ4n) is 1.19. The maximum atomic E-state index is 11.4. The summed E-state index contributed by atoms with van der Waals surface area (Å²) in [4.78, 5) is 30.3. The van der Waals surface area contributed by atoms with E-state index in [1.54, 1.807) is 6.07 Å². The molecule has 1 heterocycles. The number of esters is 1. The number of amides is 1. The summed E-state index contributed by atoms with van der Waals surface area (Å²) in [6.45, 7) is 3.83. The van der Waals surface area contributed by atoms with E-state index >= 15 is 0 Å². The number of rotatable bonds is 5. The summed E-state index contributed by atoms with van der Waals surface area (Å²) in [5, 5.41) is 5.52. The van der Waals surface area contributed by atoms with Crippen LogP contribution in [0.5, 0.6) is 0 Å². The van der Waals surface area contributed by atoms with Crippen molar-refractivity contribution >= 4 is 17.7 Å². The number of methoxy groups -OCH3 is 1. The monoisotopic (exact) mass is 252 g/mol. The smallest absolute Gasteiger partial charge is 0.376 e. The zero-order valence-electron chi connectivity index (χ0n) is 10.6. The summed E-state index contributed by atoms with van der Waals surface area (Å²) in [5.41, 5.74) is 0. The highest BCUT2D eigenvalue weighted by atomic mass is 16.5. The Bertz CT molecular complexity index is 434. The van der Waals surface area contributed by atoms with E-state index in [1.807, 2.05) is 13.8 Å². The van der Waals surface area contributed by atoms with Gasteiger partial charge in [0, 0.05) is 12.2 Å². The second-order valence-corrected chi connectivity index (χ2v) is 3.83. The Labute approximate surface area is 105 Å². The number of hydrogen-bond acceptors (Lipinski definition) is 6. The first kappa shape index (κ1) is 13.9. The molecule has 0 aliphatic carbocycles. The van der Waals surface area contributed by atoms with Crippen molar-refractivity contribution in [3.05, 3.63) is 18.1 Å². The highest BCUT2D eigenvalue weighted by Gasteiger charge is 2.10. The van der Waals surface area contributed by atoms with E-state index in [1.165, 1.54) is 13.3 Å². The zero-order valence-corrected chi connectivity index (χ0v) is 10.6. The molecule has 0 saturated heterocycles. The number of carbonyl (C=O) groups excluding carboxylic acids is 2. The molecule has 1 amide bonds. The first-order valence-electron chi connectivity index (χ1n) is 5.47. The van der Waals surface area contributed by atoms with Gasteiger partial charge in [-0.05, 0) is 19.9 Å². The number of ether oxygens (including phenoxy) is 1. The van der Waals surface area contributed by atoms with Crippen molar-refractivity contribution in [2.75, 3.05) is 19.0 Å². The molecule has 2 N–H and O–H groups in total. The van der Waals surface area contributed by atoms with Crippen LogP contribution in [0.25, 0.3) is 0 Å². The van der Waals surface area contributed by atoms with Crippen LogP contribution < -0.4 is 10.6 Å². The maximum Gasteiger partial charge on any atom is 0.376 e. The van der Waals surface area contributed by atoms with Crippen LogP contribution in [-0.4, -0.2) is 41.5 Å². The molecule has 0 fully saturated rings. The van der Waals surface area contributed by atoms with Crippen molar-refractivity contribution < 1.29 is 14.3 Å². The summed E-state index contributed by atoms with van der Waals surface area (Å²) < 4.78 is 4.50. The second-order valence-electron chi connectivity index (χ2n) is 3.83. The minimum Gasteiger partial charge on any atom is -0.463 e. The Morgan fingerprint density at radius 2 is 2.17 bits per heavy atom. The van der Waals surface area contributed by atoms with Gasteiger partial charge >= 0.3 is 5.97 Å². The van der Waals surface area contributed by atoms with Crippen LogP contribution in [0.3, 0.4) is 0 Å². The SMILES string of the molecule is COC(=O)c1nccc(NCC(=O)NC(C)C)n1. The number of carbonyl (C=O) groups is 2. The van der Waals surface area contributed by atoms with Crippen molar-refractivity contribution in [1.29, 1.82) is 0 Å². The average Bonchev–Trinajstić information content (AvgIpc) is 2.35. The quantitative estimate of drug-likeness (QED) is 0.727. The highest BCUT2D eigenvalue weighted by Crippen LogP contribution is 2.02. The third-order valence-electron chi connectivity index (χ3n) is 1.90. The van der Waals surface area contributed by atoms with Crippen LogP contribution in [0.2, 0.25) is 0 Å². The molecule has 1 aromatic rings. The van der Waals surface area contributed by atoms with Gasteiger partial charge in [-0.2, -0.15) is 0 Å². The Hall–Kier alpha value is -2.18. The fourth-order valence-corrected chi connectivity index (χ4v) is 1.19. The lowest BCUT2D eigenvalue weighted by Gasteiger charge is -2.09. The summed E-state index contributed by atoms with van der Waals surface area (Å²) in [7, 11) is 1.25. The van der Waals surface area contributed by atoms with Crippen LogP contribution in [0.4, 0.5) is 5.82 Å². The standard InChI is InChI=1S/C11H16N4O3/c1-7(2)14-9(16)6-13-8-4-5-12-10(15-8)11(17)18-3/h4-5,7H,6H2,1-3H3,(H,14,16)(H,12,13,15). The molecule has 0 aliphatic heterocycles. The first-order chi connectivity index (χ1) is 8.52. The minimum absolute atomic E-state index is 0.0493. The van der Waals surface area contributed by atoms with Gasteiger partial charge in [0.1, 0.15) is 5.82 Å². The van der Waals surface area contributed by atoms with Gasteiger partial charge in [-0.1, -0.05) is 0 Å². The van der Waals surface area contributed by atoms with Crippen LogP contribution >= 0.6 is 0 Å². The number of anilines is 1. The summed E-state index contributed by atoms with van der Waals surface area (Å²) >= 11 is 0. The molecule has 0 bridgehead atoms. The molecule has 7 nitrogen and oxygen atoms in total. The van der Waals surface area contributed by atoms with Crippen molar-refractivity contribution in [3.63, 3.8) is 0 Å². The van der Waals surface area contributed by atoms with Crippen molar-refractivity contribution in [3.8, 4) is 0 Å². The van der Waals surface area contributed by atoms with Crippen LogP contribution in [0.1, 0.15) is 24.5 Å². The third-order valence-corrected chi connectivity index (χ3v) is 1.90. The molecule has 1 rings (SSSR count). The number of nitrogens with zero attached hydrogens (tertiary/aromatic N) is 2. The Morgan fingerprint density at radius 3 is 2.78 bits per heavy atom. The molecule has 0 saturated carbocycles. The highest BCUT2D eigenvalue weighted by molar-refractivity contribution is 5.85. The lowest BCUT2D eigenvalue weighted by Crippen LogP contribution is -2.35. The first-order valence-corrected chi connectivity index (χ1v) is 5.47. The van der Waals surface area contributed by atoms with Gasteiger partial charge in [0.05, 0.1) is 13.7 Å². The lowest BCUT2D eigenvalue weighted by atomic mass is 10.4. The molecular weight excluding hydrogens is 236 g/mol. The van der Waals surface area contributed by atoms with Crippen molar-refractivity contribution in [1.82, 2.24) is 15.3 Å². The topological polar surface area (TPSA) is 93.2 Å². The molecule has 0 radical (unpaired) electrons. The molecule has 7 heteroatoms. The van der Waals surface area contributed by atoms with Crippen LogP contribution in [0, 0.1) is 0 Å². The molecule has 18 heavy (non-hydrogen) atoms. The number of aromatic nitrogens is 2. The van der Waals surface area contributed by atoms with E-state index in [4.69, 9.17) is 0 Å². The van der Waals surface area contributed by atoms with Crippen molar-refractivity contribution in [2.24, 2.45) is 0 Å². The summed E-state index contributed by atoms with van der Waals surface area (Å²) in [5.74, 6) is -0.426. The summed E-state index contributed by atoms with van der Waals surface area (Å²) in [6.07, 6.45) is 1.42. The van der Waals surface area contributed by atoms with Gasteiger partial charge in [-0.25, -0.2) is 14.8 Å². The molecule has 0 aromatic carbocycles. The van der Waals surface area contributed by atoms with Crippen LogP contribution in [0.15, 0.2) is 12.3 Å². The van der Waals surface area contributed by atoms with E-state index in [9.17, 15) is 9.59 Å². The molecule has 0 atom stereocenters. The predicted octanol–water partition coefficient (Wildman–Crippen LogP) is 0.200. The molecule has 0 unspecified atom stereocenters. The maximum absolute atomic E-state index is 11.4. The van der Waals surface area contributed by atoms with E-state index in [2.05, 4.69) is 25.3 Å². The van der Waals surface area contributed by atoms with Gasteiger partial charge in [0.15, 0.2) is 0 Å².